The molecule has 1 aliphatic heterocycles. The summed E-state index contributed by atoms with van der Waals surface area (Å²) in [5.74, 6) is 0.376. The van der Waals surface area contributed by atoms with Gasteiger partial charge in [0.2, 0.25) is 0 Å². The molecule has 1 aliphatic carbocycles. The molecule has 0 radical (unpaired) electrons. The third-order valence-electron chi connectivity index (χ3n) is 4.97. The van der Waals surface area contributed by atoms with Gasteiger partial charge in [-0.05, 0) is 60.9 Å². The Kier molecular flexibility index (Phi) is 3.73. The number of phenolic OH excluding ortho intramolecular Hbond substituents is 1. The van der Waals surface area contributed by atoms with E-state index in [0.29, 0.717) is 31.6 Å². The SMILES string of the molecule is Cc1cc(O)cc(C)c1C1=C(O)CC2(CCOCC2)CC1=O. The number of hydrogen-bond donors (Lipinski definition) is 2. The van der Waals surface area contributed by atoms with Crippen molar-refractivity contribution in [2.75, 3.05) is 13.2 Å². The molecule has 1 aromatic rings. The number of carbonyl (C=O) groups is 1. The second kappa shape index (κ2) is 5.43. The van der Waals surface area contributed by atoms with Gasteiger partial charge in [0, 0.05) is 26.1 Å². The normalized spacial score (nSPS) is 21.5. The van der Waals surface area contributed by atoms with Crippen LogP contribution in [0.5, 0.6) is 5.75 Å². The number of rotatable bonds is 1. The van der Waals surface area contributed by atoms with Gasteiger partial charge in [0.1, 0.15) is 11.5 Å². The number of ether oxygens (including phenoxy) is 1. The predicted molar refractivity (Wildman–Crippen MR) is 83.9 cm³/mol. The molecule has 2 N–H and O–H groups in total. The van der Waals surface area contributed by atoms with Crippen LogP contribution in [-0.4, -0.2) is 29.2 Å². The van der Waals surface area contributed by atoms with Crippen molar-refractivity contribution in [2.45, 2.75) is 39.5 Å². The van der Waals surface area contributed by atoms with Crippen molar-refractivity contribution in [3.63, 3.8) is 0 Å². The molecular formula is C18H22O4. The number of ketones is 1. The van der Waals surface area contributed by atoms with E-state index in [1.54, 1.807) is 12.1 Å². The Hall–Kier alpha value is -1.81. The largest absolute Gasteiger partial charge is 0.512 e. The quantitative estimate of drug-likeness (QED) is 0.834. The summed E-state index contributed by atoms with van der Waals surface area (Å²) in [4.78, 5) is 12.7. The molecule has 118 valence electrons. The first-order valence-corrected chi connectivity index (χ1v) is 7.75. The molecule has 3 rings (SSSR count). The molecule has 4 nitrogen and oxygen atoms in total. The van der Waals surface area contributed by atoms with Crippen molar-refractivity contribution in [1.29, 1.82) is 0 Å². The van der Waals surface area contributed by atoms with Gasteiger partial charge in [-0.3, -0.25) is 4.79 Å². The summed E-state index contributed by atoms with van der Waals surface area (Å²) in [7, 11) is 0. The lowest BCUT2D eigenvalue weighted by atomic mass is 9.67. The fraction of sp³-hybridized carbons (Fsp3) is 0.500. The summed E-state index contributed by atoms with van der Waals surface area (Å²) < 4.78 is 5.39. The van der Waals surface area contributed by atoms with E-state index >= 15 is 0 Å². The maximum Gasteiger partial charge on any atom is 0.167 e. The molecule has 0 saturated carbocycles. The summed E-state index contributed by atoms with van der Waals surface area (Å²) in [6.45, 7) is 5.03. The van der Waals surface area contributed by atoms with Gasteiger partial charge in [-0.1, -0.05) is 0 Å². The minimum absolute atomic E-state index is 0.00235. The van der Waals surface area contributed by atoms with Crippen LogP contribution in [0.1, 0.15) is 42.4 Å². The van der Waals surface area contributed by atoms with Gasteiger partial charge < -0.3 is 14.9 Å². The Labute approximate surface area is 130 Å². The smallest absolute Gasteiger partial charge is 0.167 e. The zero-order valence-electron chi connectivity index (χ0n) is 13.1. The minimum atomic E-state index is -0.137. The lowest BCUT2D eigenvalue weighted by Crippen LogP contribution is -2.36. The van der Waals surface area contributed by atoms with Crippen molar-refractivity contribution in [2.24, 2.45) is 5.41 Å². The zero-order valence-corrected chi connectivity index (χ0v) is 13.1. The minimum Gasteiger partial charge on any atom is -0.512 e. The van der Waals surface area contributed by atoms with Crippen LogP contribution < -0.4 is 0 Å². The van der Waals surface area contributed by atoms with Gasteiger partial charge in [0.25, 0.3) is 0 Å². The molecule has 1 saturated heterocycles. The van der Waals surface area contributed by atoms with Crippen LogP contribution in [0.25, 0.3) is 5.57 Å². The molecule has 1 fully saturated rings. The van der Waals surface area contributed by atoms with Crippen molar-refractivity contribution < 1.29 is 19.7 Å². The maximum absolute atomic E-state index is 12.7. The van der Waals surface area contributed by atoms with Gasteiger partial charge >= 0.3 is 0 Å². The summed E-state index contributed by atoms with van der Waals surface area (Å²) in [6, 6.07) is 3.27. The van der Waals surface area contributed by atoms with Crippen molar-refractivity contribution in [3.8, 4) is 5.75 Å². The predicted octanol–water partition coefficient (Wildman–Crippen LogP) is 3.44. The first kappa shape index (κ1) is 15.1. The average molecular weight is 302 g/mol. The number of Topliss-reactive ketones (excluding diaryl/α,β-unsaturated/α-hetero) is 1. The van der Waals surface area contributed by atoms with Gasteiger partial charge in [0.15, 0.2) is 5.78 Å². The fourth-order valence-electron chi connectivity index (χ4n) is 3.87. The van der Waals surface area contributed by atoms with Crippen molar-refractivity contribution in [1.82, 2.24) is 0 Å². The van der Waals surface area contributed by atoms with E-state index in [1.165, 1.54) is 0 Å². The molecule has 0 unspecified atom stereocenters. The van der Waals surface area contributed by atoms with E-state index in [0.717, 1.165) is 29.5 Å². The average Bonchev–Trinajstić information content (AvgIpc) is 2.41. The number of aryl methyl sites for hydroxylation is 2. The standard InChI is InChI=1S/C18H22O4/c1-11-7-13(19)8-12(2)16(11)17-14(20)9-18(10-15(17)21)3-5-22-6-4-18/h7-8,19-20H,3-6,9-10H2,1-2H3. The number of allylic oxidation sites excluding steroid dienone is 2. The highest BCUT2D eigenvalue weighted by molar-refractivity contribution is 6.23. The third-order valence-corrected chi connectivity index (χ3v) is 4.97. The molecule has 1 aromatic carbocycles. The van der Waals surface area contributed by atoms with Crippen LogP contribution >= 0.6 is 0 Å². The number of hydrogen-bond acceptors (Lipinski definition) is 4. The van der Waals surface area contributed by atoms with E-state index < -0.39 is 0 Å². The van der Waals surface area contributed by atoms with Crippen LogP contribution in [-0.2, 0) is 9.53 Å². The number of carbonyl (C=O) groups excluding carboxylic acids is 1. The van der Waals surface area contributed by atoms with Gasteiger partial charge in [0.05, 0.1) is 5.57 Å². The molecule has 1 heterocycles. The molecule has 22 heavy (non-hydrogen) atoms. The first-order valence-electron chi connectivity index (χ1n) is 7.75. The van der Waals surface area contributed by atoms with Gasteiger partial charge in [-0.15, -0.1) is 0 Å². The van der Waals surface area contributed by atoms with E-state index in [2.05, 4.69) is 0 Å². The van der Waals surface area contributed by atoms with Gasteiger partial charge in [-0.25, -0.2) is 0 Å². The highest BCUT2D eigenvalue weighted by Crippen LogP contribution is 2.47. The Morgan fingerprint density at radius 1 is 1.05 bits per heavy atom. The Morgan fingerprint density at radius 3 is 2.18 bits per heavy atom. The van der Waals surface area contributed by atoms with Crippen molar-refractivity contribution in [3.05, 3.63) is 34.6 Å². The van der Waals surface area contributed by atoms with E-state index in [-0.39, 0.29) is 22.7 Å². The molecule has 2 aliphatic rings. The second-order valence-corrected chi connectivity index (χ2v) is 6.67. The molecule has 0 amide bonds. The Bertz CT molecular complexity index is 628. The lowest BCUT2D eigenvalue weighted by molar-refractivity contribution is -0.118. The molecule has 1 spiro atoms. The molecule has 0 atom stereocenters. The molecular weight excluding hydrogens is 280 g/mol. The van der Waals surface area contributed by atoms with Gasteiger partial charge in [-0.2, -0.15) is 0 Å². The van der Waals surface area contributed by atoms with E-state index in [4.69, 9.17) is 4.74 Å². The van der Waals surface area contributed by atoms with Crippen LogP contribution in [0.4, 0.5) is 0 Å². The highest BCUT2D eigenvalue weighted by Gasteiger charge is 2.42. The highest BCUT2D eigenvalue weighted by atomic mass is 16.5. The zero-order chi connectivity index (χ0) is 15.9. The summed E-state index contributed by atoms with van der Waals surface area (Å²) in [6.07, 6.45) is 2.65. The fourth-order valence-corrected chi connectivity index (χ4v) is 3.87. The topological polar surface area (TPSA) is 66.8 Å². The number of aliphatic hydroxyl groups is 1. The van der Waals surface area contributed by atoms with E-state index in [1.807, 2.05) is 13.8 Å². The van der Waals surface area contributed by atoms with Crippen LogP contribution in [0.3, 0.4) is 0 Å². The summed E-state index contributed by atoms with van der Waals surface area (Å²) in [5.41, 5.74) is 2.70. The van der Waals surface area contributed by atoms with Crippen LogP contribution in [0.2, 0.25) is 0 Å². The molecule has 4 heteroatoms. The summed E-state index contributed by atoms with van der Waals surface area (Å²) >= 11 is 0. The molecule has 0 aromatic heterocycles. The Morgan fingerprint density at radius 2 is 1.64 bits per heavy atom. The first-order chi connectivity index (χ1) is 10.4. The summed E-state index contributed by atoms with van der Waals surface area (Å²) in [5, 5.41) is 20.3. The number of phenols is 1. The maximum atomic E-state index is 12.7. The number of benzene rings is 1. The number of aromatic hydroxyl groups is 1. The second-order valence-electron chi connectivity index (χ2n) is 6.67. The van der Waals surface area contributed by atoms with Crippen LogP contribution in [0, 0.1) is 19.3 Å². The lowest BCUT2D eigenvalue weighted by Gasteiger charge is -2.40. The molecule has 0 bridgehead atoms. The van der Waals surface area contributed by atoms with E-state index in [9.17, 15) is 15.0 Å². The number of aliphatic hydroxyl groups excluding tert-OH is 1. The van der Waals surface area contributed by atoms with Crippen LogP contribution in [0.15, 0.2) is 17.9 Å². The third kappa shape index (κ3) is 2.52. The van der Waals surface area contributed by atoms with Crippen molar-refractivity contribution >= 4 is 11.4 Å². The monoisotopic (exact) mass is 302 g/mol. The Balaban J connectivity index is 2.04.